The second-order valence-electron chi connectivity index (χ2n) is 2.16. The molecule has 0 atom stereocenters. The van der Waals surface area contributed by atoms with Crippen LogP contribution in [-0.4, -0.2) is 13.5 Å². The summed E-state index contributed by atoms with van der Waals surface area (Å²) in [6.45, 7) is 0. The molecule has 0 spiro atoms. The van der Waals surface area contributed by atoms with Crippen molar-refractivity contribution in [2.45, 2.75) is 0 Å². The van der Waals surface area contributed by atoms with Gasteiger partial charge in [-0.1, -0.05) is 23.2 Å². The van der Waals surface area contributed by atoms with E-state index in [1.54, 1.807) is 0 Å². The number of thiol groups is 1. The van der Waals surface area contributed by atoms with E-state index in [1.807, 2.05) is 0 Å². The quantitative estimate of drug-likeness (QED) is 0.545. The Morgan fingerprint density at radius 2 is 1.69 bits per heavy atom. The fraction of sp³-hybridized carbons (Fsp3) is 0. The molecule has 1 aromatic carbocycles. The van der Waals surface area contributed by atoms with Crippen LogP contribution >= 0.6 is 23.2 Å². The third-order valence-corrected chi connectivity index (χ3v) is 2.25. The number of anilines is 1. The van der Waals surface area contributed by atoms with E-state index in [4.69, 9.17) is 28.3 Å². The van der Waals surface area contributed by atoms with Crippen LogP contribution in [0, 0.1) is 0 Å². The number of phenols is 1. The van der Waals surface area contributed by atoms with Gasteiger partial charge in [0.15, 0.2) is 5.75 Å². The smallest absolute Gasteiger partial charge is 0.222 e. The summed E-state index contributed by atoms with van der Waals surface area (Å²) in [7, 11) is -2.76. The van der Waals surface area contributed by atoms with Crippen LogP contribution in [0.2, 0.25) is 10.0 Å². The van der Waals surface area contributed by atoms with E-state index in [0.29, 0.717) is 0 Å². The molecule has 0 aliphatic rings. The van der Waals surface area contributed by atoms with Crippen molar-refractivity contribution in [1.29, 1.82) is 0 Å². The number of hydrogen-bond donors (Lipinski definition) is 3. The van der Waals surface area contributed by atoms with Gasteiger partial charge in [-0.3, -0.25) is 4.72 Å². The third-order valence-electron chi connectivity index (χ3n) is 1.24. The number of benzene rings is 1. The first-order valence-corrected chi connectivity index (χ1v) is 5.03. The van der Waals surface area contributed by atoms with Crippen LogP contribution in [0.4, 0.5) is 5.69 Å². The van der Waals surface area contributed by atoms with Crippen LogP contribution in [0.5, 0.6) is 5.75 Å². The van der Waals surface area contributed by atoms with Gasteiger partial charge in [0.25, 0.3) is 0 Å². The molecule has 0 unspecified atom stereocenters. The van der Waals surface area contributed by atoms with Gasteiger partial charge >= 0.3 is 0 Å². The molecule has 2 N–H and O–H groups in total. The van der Waals surface area contributed by atoms with E-state index >= 15 is 0 Å². The minimum atomic E-state index is -2.76. The number of halogens is 2. The van der Waals surface area contributed by atoms with Gasteiger partial charge in [0.1, 0.15) is 0 Å². The molecule has 0 aliphatic heterocycles. The van der Waals surface area contributed by atoms with E-state index in [-0.39, 0.29) is 21.5 Å². The monoisotopic (exact) mass is 241 g/mol. The van der Waals surface area contributed by atoms with E-state index in [1.165, 1.54) is 12.1 Å². The van der Waals surface area contributed by atoms with E-state index in [0.717, 1.165) is 0 Å². The Kier molecular flexibility index (Phi) is 3.24. The van der Waals surface area contributed by atoms with Crippen LogP contribution in [0.15, 0.2) is 12.1 Å². The second-order valence-corrected chi connectivity index (χ2v) is 3.71. The van der Waals surface area contributed by atoms with Gasteiger partial charge in [0.2, 0.25) is 10.9 Å². The Hall–Kier alpha value is -0.650. The molecule has 72 valence electrons. The van der Waals surface area contributed by atoms with Crippen LogP contribution < -0.4 is 4.72 Å². The van der Waals surface area contributed by atoms with Crippen molar-refractivity contribution in [3.05, 3.63) is 22.2 Å². The molecule has 1 rings (SSSR count). The summed E-state index contributed by atoms with van der Waals surface area (Å²) in [5.41, 5.74) is 0.212. The summed E-state index contributed by atoms with van der Waals surface area (Å²) in [4.78, 5) is 0. The number of nitrogens with one attached hydrogen (secondary N) is 1. The molecule has 0 aromatic heterocycles. The van der Waals surface area contributed by atoms with Crippen molar-refractivity contribution in [2.75, 3.05) is 4.72 Å². The van der Waals surface area contributed by atoms with Gasteiger partial charge in [-0.25, -0.2) is 8.42 Å². The minimum absolute atomic E-state index is 0.00755. The van der Waals surface area contributed by atoms with Crippen molar-refractivity contribution < 1.29 is 13.5 Å². The third kappa shape index (κ3) is 2.65. The van der Waals surface area contributed by atoms with Crippen LogP contribution in [0.25, 0.3) is 0 Å². The Bertz CT molecular complexity index is 374. The lowest BCUT2D eigenvalue weighted by Gasteiger charge is -2.03. The summed E-state index contributed by atoms with van der Waals surface area (Å²) in [5, 5.41) is 9.11. The topological polar surface area (TPSA) is 66.4 Å². The maximum atomic E-state index is 10.3. The summed E-state index contributed by atoms with van der Waals surface area (Å²) in [5.74, 6) is -0.269. The van der Waals surface area contributed by atoms with Gasteiger partial charge < -0.3 is 5.11 Å². The molecule has 13 heavy (non-hydrogen) atoms. The van der Waals surface area contributed by atoms with Gasteiger partial charge in [-0.05, 0) is 12.1 Å². The maximum absolute atomic E-state index is 10.3. The Morgan fingerprint density at radius 1 is 1.23 bits per heavy atom. The predicted octanol–water partition coefficient (Wildman–Crippen LogP) is 1.64. The zero-order chi connectivity index (χ0) is 10.0. The van der Waals surface area contributed by atoms with Crippen molar-refractivity contribution >= 4 is 39.8 Å². The number of rotatable bonds is 2. The Morgan fingerprint density at radius 3 is 2.08 bits per heavy atom. The maximum Gasteiger partial charge on any atom is 0.222 e. The average Bonchev–Trinajstić information content (AvgIpc) is 1.98. The van der Waals surface area contributed by atoms with Crippen molar-refractivity contribution in [3.8, 4) is 5.75 Å². The van der Waals surface area contributed by atoms with Crippen molar-refractivity contribution in [1.82, 2.24) is 0 Å². The average molecular weight is 242 g/mol. The van der Waals surface area contributed by atoms with Gasteiger partial charge in [-0.15, -0.1) is 0 Å². The predicted molar refractivity (Wildman–Crippen MR) is 52.1 cm³/mol. The van der Waals surface area contributed by atoms with Crippen molar-refractivity contribution in [2.24, 2.45) is 0 Å². The fourth-order valence-corrected chi connectivity index (χ4v) is 1.56. The lowest BCUT2D eigenvalue weighted by molar-refractivity contribution is 0.476. The normalized spacial score (nSPS) is 10.4. The molecule has 0 bridgehead atoms. The summed E-state index contributed by atoms with van der Waals surface area (Å²) in [6.07, 6.45) is 0. The first kappa shape index (κ1) is 10.4. The lowest BCUT2D eigenvalue weighted by atomic mass is 10.3. The Balaban J connectivity index is 3.13. The lowest BCUT2D eigenvalue weighted by Crippen LogP contribution is -1.94. The standard InChI is InChI=1S/C6H5Cl2NO3S/c7-4-1-3(9-13(11)12)2-5(8)6(4)10/h1-2,10,13H,(H,9,11,12). The molecule has 7 heteroatoms. The van der Waals surface area contributed by atoms with Gasteiger partial charge in [0.05, 0.1) is 15.7 Å². The molecule has 1 aromatic rings. The fourth-order valence-electron chi connectivity index (χ4n) is 0.735. The summed E-state index contributed by atoms with van der Waals surface area (Å²) < 4.78 is 22.6. The first-order valence-electron chi connectivity index (χ1n) is 3.10. The summed E-state index contributed by atoms with van der Waals surface area (Å²) in [6, 6.07) is 2.52. The molecular weight excluding hydrogens is 237 g/mol. The van der Waals surface area contributed by atoms with E-state index < -0.39 is 10.9 Å². The largest absolute Gasteiger partial charge is 0.505 e. The van der Waals surface area contributed by atoms with E-state index in [9.17, 15) is 8.42 Å². The second kappa shape index (κ2) is 4.04. The molecule has 0 fully saturated rings. The zero-order valence-electron chi connectivity index (χ0n) is 6.12. The number of hydrogen-bond acceptors (Lipinski definition) is 3. The summed E-state index contributed by atoms with van der Waals surface area (Å²) >= 11 is 11.1. The van der Waals surface area contributed by atoms with Crippen molar-refractivity contribution in [3.63, 3.8) is 0 Å². The highest BCUT2D eigenvalue weighted by Crippen LogP contribution is 2.34. The SMILES string of the molecule is O=[SH](=O)Nc1cc(Cl)c(O)c(Cl)c1. The Labute approximate surface area is 86.2 Å². The number of phenolic OH excluding ortho intramolecular Hbond substituents is 1. The first-order chi connectivity index (χ1) is 6.00. The highest BCUT2D eigenvalue weighted by atomic mass is 35.5. The molecule has 0 saturated heterocycles. The molecule has 0 aliphatic carbocycles. The zero-order valence-corrected chi connectivity index (χ0v) is 8.53. The van der Waals surface area contributed by atoms with E-state index in [2.05, 4.69) is 4.72 Å². The molecule has 4 nitrogen and oxygen atoms in total. The highest BCUT2D eigenvalue weighted by Gasteiger charge is 2.06. The molecule has 0 amide bonds. The molecular formula is C6H5Cl2NO3S. The van der Waals surface area contributed by atoms with Gasteiger partial charge in [-0.2, -0.15) is 0 Å². The van der Waals surface area contributed by atoms with Crippen LogP contribution in [0.3, 0.4) is 0 Å². The minimum Gasteiger partial charge on any atom is -0.505 e. The highest BCUT2D eigenvalue weighted by molar-refractivity contribution is 7.73. The molecule has 0 heterocycles. The molecule has 0 radical (unpaired) electrons. The number of aromatic hydroxyl groups is 1. The van der Waals surface area contributed by atoms with Crippen LogP contribution in [-0.2, 0) is 10.9 Å². The van der Waals surface area contributed by atoms with Gasteiger partial charge in [0, 0.05) is 0 Å². The van der Waals surface area contributed by atoms with Crippen LogP contribution in [0.1, 0.15) is 0 Å². The molecule has 0 saturated carbocycles.